The number of fused-ring (bicyclic) bond motifs is 5. The fourth-order valence-electron chi connectivity index (χ4n) is 6.70. The molecular weight excluding hydrogens is 420 g/mol. The third kappa shape index (κ3) is 4.00. The molecule has 4 aliphatic carbocycles. The number of rotatable bonds is 3. The van der Waals surface area contributed by atoms with E-state index in [9.17, 15) is 14.7 Å². The van der Waals surface area contributed by atoms with Gasteiger partial charge in [0.25, 0.3) is 0 Å². The minimum absolute atomic E-state index is 0.0200. The van der Waals surface area contributed by atoms with Crippen molar-refractivity contribution in [1.82, 2.24) is 0 Å². The number of aliphatic hydroxyl groups excluding tert-OH is 3. The number of hydrogen-bond acceptors (Lipinski definition) is 7. The van der Waals surface area contributed by atoms with E-state index >= 15 is 0 Å². The molecule has 4 rings (SSSR count). The van der Waals surface area contributed by atoms with Crippen LogP contribution >= 0.6 is 25.3 Å². The van der Waals surface area contributed by atoms with E-state index < -0.39 is 12.2 Å². The molecule has 4 aliphatic rings. The molecule has 0 heterocycles. The summed E-state index contributed by atoms with van der Waals surface area (Å²) in [6.45, 7) is 4.46. The van der Waals surface area contributed by atoms with Gasteiger partial charge < -0.3 is 15.3 Å². The first-order valence-corrected chi connectivity index (χ1v) is 12.4. The van der Waals surface area contributed by atoms with Gasteiger partial charge in [0.1, 0.15) is 5.78 Å². The molecule has 0 amide bonds. The van der Waals surface area contributed by atoms with Crippen LogP contribution in [0.1, 0.15) is 65.2 Å². The first-order valence-electron chi connectivity index (χ1n) is 11.2. The van der Waals surface area contributed by atoms with E-state index in [1.54, 1.807) is 0 Å². The van der Waals surface area contributed by atoms with Gasteiger partial charge in [-0.1, -0.05) is 13.8 Å². The Labute approximate surface area is 190 Å². The lowest BCUT2D eigenvalue weighted by Gasteiger charge is -2.56. The van der Waals surface area contributed by atoms with Crippen molar-refractivity contribution in [3.63, 3.8) is 0 Å². The monoisotopic (exact) mass is 456 g/mol. The smallest absolute Gasteiger partial charge is 0.197 e. The van der Waals surface area contributed by atoms with Gasteiger partial charge in [0, 0.05) is 29.8 Å². The Bertz CT molecular complexity index is 714. The largest absolute Gasteiger partial charge is 0.504 e. The number of Topliss-reactive ketones (excluding diaryl/α,β-unsaturated/α-hetero) is 2. The Morgan fingerprint density at radius 1 is 0.900 bits per heavy atom. The molecule has 5 unspecified atom stereocenters. The molecule has 7 heteroatoms. The molecule has 0 aliphatic heterocycles. The van der Waals surface area contributed by atoms with E-state index in [2.05, 4.69) is 39.1 Å². The first kappa shape index (κ1) is 24.1. The number of carbonyl (C=O) groups is 2. The zero-order valence-corrected chi connectivity index (χ0v) is 19.8. The maximum absolute atomic E-state index is 12.4. The molecule has 0 bridgehead atoms. The molecular formula is C23H36O5S2. The van der Waals surface area contributed by atoms with Crippen molar-refractivity contribution in [1.29, 1.82) is 0 Å². The van der Waals surface area contributed by atoms with E-state index in [0.717, 1.165) is 50.5 Å². The summed E-state index contributed by atoms with van der Waals surface area (Å²) < 4.78 is 0. The lowest BCUT2D eigenvalue weighted by Crippen LogP contribution is -2.51. The number of aliphatic hydroxyl groups is 3. The summed E-state index contributed by atoms with van der Waals surface area (Å²) in [6.07, 6.45) is 5.65. The Balaban J connectivity index is 0.000000275. The Kier molecular flexibility index (Phi) is 7.38. The lowest BCUT2D eigenvalue weighted by atomic mass is 9.47. The molecule has 3 N–H and O–H groups in total. The van der Waals surface area contributed by atoms with Crippen LogP contribution in [0.5, 0.6) is 0 Å². The second-order valence-electron chi connectivity index (χ2n) is 10.0. The average molecular weight is 457 g/mol. The molecule has 7 atom stereocenters. The van der Waals surface area contributed by atoms with E-state index in [1.165, 1.54) is 0 Å². The van der Waals surface area contributed by atoms with Gasteiger partial charge in [-0.3, -0.25) is 9.59 Å². The minimum atomic E-state index is -0.740. The predicted octanol–water partition coefficient (Wildman–Crippen LogP) is 3.54. The highest BCUT2D eigenvalue weighted by Crippen LogP contribution is 2.64. The van der Waals surface area contributed by atoms with Crippen LogP contribution in [-0.2, 0) is 9.59 Å². The number of carbonyl (C=O) groups excluding carboxylic acids is 2. The van der Waals surface area contributed by atoms with Gasteiger partial charge in [0.2, 0.25) is 0 Å². The van der Waals surface area contributed by atoms with Gasteiger partial charge in [-0.25, -0.2) is 0 Å². The zero-order valence-electron chi connectivity index (χ0n) is 18.0. The average Bonchev–Trinajstić information content (AvgIpc) is 3.05. The second kappa shape index (κ2) is 9.16. The van der Waals surface area contributed by atoms with E-state index in [0.29, 0.717) is 30.0 Å². The van der Waals surface area contributed by atoms with Crippen molar-refractivity contribution in [3.05, 3.63) is 11.3 Å². The van der Waals surface area contributed by atoms with Crippen molar-refractivity contribution >= 4 is 36.8 Å². The first-order chi connectivity index (χ1) is 14.1. The Hall–Kier alpha value is -0.500. The third-order valence-electron chi connectivity index (χ3n) is 8.62. The van der Waals surface area contributed by atoms with Crippen molar-refractivity contribution < 1.29 is 24.9 Å². The molecule has 3 saturated carbocycles. The van der Waals surface area contributed by atoms with Gasteiger partial charge in [-0.15, -0.1) is 0 Å². The maximum Gasteiger partial charge on any atom is 0.197 e. The summed E-state index contributed by atoms with van der Waals surface area (Å²) in [4.78, 5) is 24.2. The van der Waals surface area contributed by atoms with Crippen LogP contribution in [0.15, 0.2) is 11.3 Å². The quantitative estimate of drug-likeness (QED) is 0.419. The summed E-state index contributed by atoms with van der Waals surface area (Å²) in [5, 5.41) is 27.8. The van der Waals surface area contributed by atoms with Crippen LogP contribution in [0.2, 0.25) is 0 Å². The summed E-state index contributed by atoms with van der Waals surface area (Å²) in [6, 6.07) is 0. The third-order valence-corrected chi connectivity index (χ3v) is 9.37. The summed E-state index contributed by atoms with van der Waals surface area (Å²) >= 11 is 7.53. The van der Waals surface area contributed by atoms with Crippen LogP contribution in [-0.4, -0.2) is 50.6 Å². The highest BCUT2D eigenvalue weighted by Gasteiger charge is 2.59. The van der Waals surface area contributed by atoms with Crippen molar-refractivity contribution in [2.24, 2.45) is 28.6 Å². The number of ketones is 2. The predicted molar refractivity (Wildman–Crippen MR) is 123 cm³/mol. The molecule has 0 saturated heterocycles. The van der Waals surface area contributed by atoms with Gasteiger partial charge >= 0.3 is 0 Å². The maximum atomic E-state index is 12.4. The molecule has 0 spiro atoms. The number of hydrogen-bond donors (Lipinski definition) is 5. The molecule has 0 radical (unpaired) electrons. The second-order valence-corrected chi connectivity index (χ2v) is 10.7. The van der Waals surface area contributed by atoms with E-state index in [-0.39, 0.29) is 33.9 Å². The zero-order chi connectivity index (χ0) is 22.3. The SMILES string of the molecule is C[C@]12CCC(=O)C(O)=C1CCC1C2CC[C@]2(C)C(=O)CCC12.OC(CS)C(O)CS. The highest BCUT2D eigenvalue weighted by atomic mass is 32.1. The van der Waals surface area contributed by atoms with Gasteiger partial charge in [0.15, 0.2) is 11.5 Å². The molecule has 0 aromatic rings. The van der Waals surface area contributed by atoms with Crippen molar-refractivity contribution in [2.75, 3.05) is 11.5 Å². The summed E-state index contributed by atoms with van der Waals surface area (Å²) in [5.41, 5.74) is 0.914. The Morgan fingerprint density at radius 3 is 2.10 bits per heavy atom. The lowest BCUT2D eigenvalue weighted by molar-refractivity contribution is -0.133. The topological polar surface area (TPSA) is 94.8 Å². The molecule has 0 aromatic heterocycles. The molecule has 0 aromatic carbocycles. The molecule has 3 fully saturated rings. The number of thiol groups is 2. The fourth-order valence-corrected chi connectivity index (χ4v) is 7.19. The normalized spacial score (nSPS) is 40.0. The van der Waals surface area contributed by atoms with Crippen LogP contribution in [0, 0.1) is 28.6 Å². The van der Waals surface area contributed by atoms with E-state index in [4.69, 9.17) is 10.2 Å². The van der Waals surface area contributed by atoms with Crippen LogP contribution in [0.25, 0.3) is 0 Å². The molecule has 5 nitrogen and oxygen atoms in total. The molecule has 30 heavy (non-hydrogen) atoms. The van der Waals surface area contributed by atoms with Gasteiger partial charge in [0.05, 0.1) is 12.2 Å². The van der Waals surface area contributed by atoms with Crippen molar-refractivity contribution in [2.45, 2.75) is 77.4 Å². The van der Waals surface area contributed by atoms with Crippen LogP contribution in [0.4, 0.5) is 0 Å². The van der Waals surface area contributed by atoms with Gasteiger partial charge in [-0.05, 0) is 67.3 Å². The van der Waals surface area contributed by atoms with Crippen LogP contribution in [0.3, 0.4) is 0 Å². The van der Waals surface area contributed by atoms with E-state index in [1.807, 2.05) is 0 Å². The van der Waals surface area contributed by atoms with Crippen LogP contribution < -0.4 is 0 Å². The highest BCUT2D eigenvalue weighted by molar-refractivity contribution is 7.80. The summed E-state index contributed by atoms with van der Waals surface area (Å²) in [5.74, 6) is 2.70. The van der Waals surface area contributed by atoms with Crippen molar-refractivity contribution in [3.8, 4) is 0 Å². The van der Waals surface area contributed by atoms with Gasteiger partial charge in [-0.2, -0.15) is 25.3 Å². The molecule has 170 valence electrons. The Morgan fingerprint density at radius 2 is 1.50 bits per heavy atom. The standard InChI is InChI=1S/C19H26O3.C4H10O2S2/c1-18-10-8-15(20)17(22)14(18)4-3-11-12-5-6-16(21)19(12,2)9-7-13(11)18;5-3(1-7)4(6)2-8/h11-13,22H,3-10H2,1-2H3;3-8H,1-2H2/t11?,12?,13?,18-,19+;/m1./s1. The minimum Gasteiger partial charge on any atom is -0.504 e. The summed E-state index contributed by atoms with van der Waals surface area (Å²) in [7, 11) is 0. The fraction of sp³-hybridized carbons (Fsp3) is 0.826. The number of allylic oxidation sites excluding steroid dienone is 1.